The van der Waals surface area contributed by atoms with Crippen LogP contribution in [-0.2, 0) is 24.8 Å². The molecule has 0 fully saturated rings. The Balaban J connectivity index is 1.84. The fourth-order valence-electron chi connectivity index (χ4n) is 3.40. The van der Waals surface area contributed by atoms with Crippen LogP contribution >= 0.6 is 7.60 Å². The Morgan fingerprint density at radius 1 is 0.882 bits per heavy atom. The van der Waals surface area contributed by atoms with Gasteiger partial charge in [0.2, 0.25) is 0 Å². The molecule has 0 saturated heterocycles. The zero-order chi connectivity index (χ0) is 24.4. The van der Waals surface area contributed by atoms with Gasteiger partial charge in [0, 0.05) is 13.5 Å². The number of ether oxygens (including phenoxy) is 3. The van der Waals surface area contributed by atoms with Crippen molar-refractivity contribution in [3.05, 3.63) is 89.5 Å². The van der Waals surface area contributed by atoms with Crippen molar-refractivity contribution in [2.75, 3.05) is 27.1 Å². The van der Waals surface area contributed by atoms with E-state index in [0.29, 0.717) is 17.7 Å². The Kier molecular flexibility index (Phi) is 9.69. The second-order valence-electron chi connectivity index (χ2n) is 7.40. The van der Waals surface area contributed by atoms with E-state index < -0.39 is 13.4 Å². The molecule has 0 amide bonds. The van der Waals surface area contributed by atoms with E-state index in [1.165, 1.54) is 0 Å². The quantitative estimate of drug-likeness (QED) is 0.224. The monoisotopic (exact) mass is 486 g/mol. The van der Waals surface area contributed by atoms with Gasteiger partial charge in [-0.25, -0.2) is 0 Å². The highest BCUT2D eigenvalue weighted by Gasteiger charge is 2.35. The minimum atomic E-state index is -3.74. The number of rotatable bonds is 13. The number of aliphatic hydroxyl groups is 1. The summed E-state index contributed by atoms with van der Waals surface area (Å²) >= 11 is 0. The van der Waals surface area contributed by atoms with E-state index in [0.717, 1.165) is 22.6 Å². The molecule has 0 aliphatic heterocycles. The predicted molar refractivity (Wildman–Crippen MR) is 131 cm³/mol. The maximum Gasteiger partial charge on any atom is 0.363 e. The summed E-state index contributed by atoms with van der Waals surface area (Å²) in [5.74, 6) is 0.680. The fraction of sp³-hybridized carbons (Fsp3) is 0.308. The van der Waals surface area contributed by atoms with E-state index in [9.17, 15) is 9.67 Å². The molecule has 7 nitrogen and oxygen atoms in total. The van der Waals surface area contributed by atoms with Crippen LogP contribution in [0.5, 0.6) is 17.2 Å². The minimum absolute atomic E-state index is 0.0785. The standard InChI is InChI=1S/C26H31O7P/c1-4-31-34(28,32-5-2)26(27)21-13-16-25(30-19-29-3)22(18-21)17-20-11-14-24(15-12-20)33-23-9-7-6-8-10-23/h6-16,18,26-27H,4-5,17,19H2,1-3H3. The molecule has 0 aromatic heterocycles. The number of hydrogen-bond donors (Lipinski definition) is 1. The zero-order valence-electron chi connectivity index (χ0n) is 19.7. The Hall–Kier alpha value is -2.67. The summed E-state index contributed by atoms with van der Waals surface area (Å²) < 4.78 is 40.3. The van der Waals surface area contributed by atoms with Crippen LogP contribution in [0.25, 0.3) is 0 Å². The van der Waals surface area contributed by atoms with Gasteiger partial charge in [-0.15, -0.1) is 0 Å². The van der Waals surface area contributed by atoms with Crippen LogP contribution < -0.4 is 9.47 Å². The van der Waals surface area contributed by atoms with Crippen LogP contribution in [0.4, 0.5) is 0 Å². The summed E-state index contributed by atoms with van der Waals surface area (Å²) in [5, 5.41) is 10.8. The summed E-state index contributed by atoms with van der Waals surface area (Å²) in [7, 11) is -2.19. The normalized spacial score (nSPS) is 12.4. The van der Waals surface area contributed by atoms with Crippen molar-refractivity contribution < 1.29 is 32.9 Å². The highest BCUT2D eigenvalue weighted by molar-refractivity contribution is 7.54. The molecule has 8 heteroatoms. The highest BCUT2D eigenvalue weighted by atomic mass is 31.2. The average molecular weight is 487 g/mol. The van der Waals surface area contributed by atoms with E-state index in [2.05, 4.69) is 0 Å². The SMILES string of the molecule is CCOP(=O)(OCC)C(O)c1ccc(OCOC)c(Cc2ccc(Oc3ccccc3)cc2)c1. The Morgan fingerprint density at radius 2 is 1.53 bits per heavy atom. The Bertz CT molecular complexity index is 1060. The topological polar surface area (TPSA) is 83.5 Å². The summed E-state index contributed by atoms with van der Waals surface area (Å²) in [6.07, 6.45) is 0.513. The molecule has 1 atom stereocenters. The molecule has 0 aliphatic rings. The molecular weight excluding hydrogens is 455 g/mol. The maximum atomic E-state index is 13.1. The third-order valence-electron chi connectivity index (χ3n) is 4.93. The van der Waals surface area contributed by atoms with Crippen molar-refractivity contribution in [3.63, 3.8) is 0 Å². The van der Waals surface area contributed by atoms with Gasteiger partial charge in [0.25, 0.3) is 0 Å². The van der Waals surface area contributed by atoms with Crippen molar-refractivity contribution >= 4 is 7.60 Å². The van der Waals surface area contributed by atoms with Gasteiger partial charge in [-0.3, -0.25) is 4.57 Å². The Morgan fingerprint density at radius 3 is 2.15 bits per heavy atom. The van der Waals surface area contributed by atoms with Gasteiger partial charge in [-0.2, -0.15) is 0 Å². The lowest BCUT2D eigenvalue weighted by molar-refractivity contribution is 0.0504. The molecule has 1 N–H and O–H groups in total. The molecule has 0 bridgehead atoms. The van der Waals surface area contributed by atoms with Crippen molar-refractivity contribution in [2.24, 2.45) is 0 Å². The molecule has 182 valence electrons. The molecule has 0 heterocycles. The number of para-hydroxylation sites is 1. The van der Waals surface area contributed by atoms with Crippen LogP contribution in [0.2, 0.25) is 0 Å². The number of methoxy groups -OCH3 is 1. The third kappa shape index (κ3) is 6.92. The summed E-state index contributed by atoms with van der Waals surface area (Å²) in [6.45, 7) is 3.81. The molecule has 0 spiro atoms. The van der Waals surface area contributed by atoms with E-state index >= 15 is 0 Å². The first-order chi connectivity index (χ1) is 16.5. The number of hydrogen-bond acceptors (Lipinski definition) is 7. The average Bonchev–Trinajstić information content (AvgIpc) is 2.85. The third-order valence-corrected chi connectivity index (χ3v) is 7.06. The van der Waals surface area contributed by atoms with Crippen LogP contribution in [0.1, 0.15) is 36.4 Å². The molecule has 0 saturated carbocycles. The first kappa shape index (κ1) is 25.9. The van der Waals surface area contributed by atoms with Crippen molar-refractivity contribution in [1.82, 2.24) is 0 Å². The van der Waals surface area contributed by atoms with Crippen molar-refractivity contribution in [3.8, 4) is 17.2 Å². The molecule has 3 rings (SSSR count). The number of aliphatic hydroxyl groups excluding tert-OH is 1. The molecule has 1 unspecified atom stereocenters. The second kappa shape index (κ2) is 12.7. The van der Waals surface area contributed by atoms with E-state index in [4.69, 9.17) is 23.3 Å². The van der Waals surface area contributed by atoms with E-state index in [1.54, 1.807) is 39.2 Å². The number of benzene rings is 3. The van der Waals surface area contributed by atoms with Gasteiger partial charge in [-0.05, 0) is 66.9 Å². The molecule has 3 aromatic rings. The van der Waals surface area contributed by atoms with E-state index in [-0.39, 0.29) is 20.0 Å². The first-order valence-corrected chi connectivity index (χ1v) is 12.7. The largest absolute Gasteiger partial charge is 0.467 e. The molecule has 0 radical (unpaired) electrons. The first-order valence-electron chi connectivity index (χ1n) is 11.1. The molecule has 34 heavy (non-hydrogen) atoms. The second-order valence-corrected chi connectivity index (χ2v) is 9.49. The van der Waals surface area contributed by atoms with Crippen molar-refractivity contribution in [1.29, 1.82) is 0 Å². The minimum Gasteiger partial charge on any atom is -0.467 e. The van der Waals surface area contributed by atoms with Gasteiger partial charge in [0.15, 0.2) is 12.6 Å². The van der Waals surface area contributed by atoms with Gasteiger partial charge in [-0.1, -0.05) is 36.4 Å². The van der Waals surface area contributed by atoms with Crippen LogP contribution in [-0.4, -0.2) is 32.2 Å². The maximum absolute atomic E-state index is 13.1. The predicted octanol–water partition coefficient (Wildman–Crippen LogP) is 6.31. The fourth-order valence-corrected chi connectivity index (χ4v) is 5.00. The molecule has 0 aliphatic carbocycles. The lowest BCUT2D eigenvalue weighted by Crippen LogP contribution is -2.08. The smallest absolute Gasteiger partial charge is 0.363 e. The molecular formula is C26H31O7P. The Labute approximate surface area is 200 Å². The summed E-state index contributed by atoms with van der Waals surface area (Å²) in [5.41, 5.74) is 2.23. The van der Waals surface area contributed by atoms with Crippen LogP contribution in [0.15, 0.2) is 72.8 Å². The molecule has 3 aromatic carbocycles. The van der Waals surface area contributed by atoms with Crippen LogP contribution in [0, 0.1) is 0 Å². The van der Waals surface area contributed by atoms with Gasteiger partial charge in [0.1, 0.15) is 17.2 Å². The summed E-state index contributed by atoms with van der Waals surface area (Å²) in [6, 6.07) is 22.4. The lowest BCUT2D eigenvalue weighted by Gasteiger charge is -2.23. The van der Waals surface area contributed by atoms with Crippen LogP contribution in [0.3, 0.4) is 0 Å². The van der Waals surface area contributed by atoms with E-state index in [1.807, 2.05) is 54.6 Å². The zero-order valence-corrected chi connectivity index (χ0v) is 20.6. The van der Waals surface area contributed by atoms with Gasteiger partial charge < -0.3 is 28.4 Å². The highest BCUT2D eigenvalue weighted by Crippen LogP contribution is 2.59. The van der Waals surface area contributed by atoms with Gasteiger partial charge in [0.05, 0.1) is 13.2 Å². The van der Waals surface area contributed by atoms with Crippen molar-refractivity contribution in [2.45, 2.75) is 26.1 Å². The van der Waals surface area contributed by atoms with Gasteiger partial charge >= 0.3 is 7.60 Å². The lowest BCUT2D eigenvalue weighted by atomic mass is 10.0. The summed E-state index contributed by atoms with van der Waals surface area (Å²) in [4.78, 5) is 0.